The number of methoxy groups -OCH3 is 1. The number of rotatable bonds is 6. The summed E-state index contributed by atoms with van der Waals surface area (Å²) >= 11 is 0. The summed E-state index contributed by atoms with van der Waals surface area (Å²) in [5.41, 5.74) is 7.20. The van der Waals surface area contributed by atoms with Gasteiger partial charge in [0.2, 0.25) is 0 Å². The predicted molar refractivity (Wildman–Crippen MR) is 76.9 cm³/mol. The molecule has 3 nitrogen and oxygen atoms in total. The second-order valence-electron chi connectivity index (χ2n) is 5.79. The van der Waals surface area contributed by atoms with E-state index in [9.17, 15) is 0 Å². The smallest absolute Gasteiger partial charge is 0.123 e. The summed E-state index contributed by atoms with van der Waals surface area (Å²) < 4.78 is 5.47. The summed E-state index contributed by atoms with van der Waals surface area (Å²) in [7, 11) is 5.92. The lowest BCUT2D eigenvalue weighted by Gasteiger charge is -2.33. The topological polar surface area (TPSA) is 38.5 Å². The van der Waals surface area contributed by atoms with Crippen LogP contribution in [0.1, 0.15) is 31.9 Å². The van der Waals surface area contributed by atoms with Gasteiger partial charge >= 0.3 is 0 Å². The maximum atomic E-state index is 5.85. The van der Waals surface area contributed by atoms with Gasteiger partial charge in [0.25, 0.3) is 0 Å². The number of para-hydroxylation sites is 1. The van der Waals surface area contributed by atoms with Crippen molar-refractivity contribution in [3.05, 3.63) is 29.8 Å². The molecule has 0 aliphatic carbocycles. The monoisotopic (exact) mass is 250 g/mol. The molecule has 0 radical (unpaired) electrons. The third-order valence-electron chi connectivity index (χ3n) is 3.42. The molecular formula is C15H26N2O. The molecule has 0 amide bonds. The van der Waals surface area contributed by atoms with Gasteiger partial charge in [-0.1, -0.05) is 32.0 Å². The average Bonchev–Trinajstić information content (AvgIpc) is 2.36. The number of ether oxygens (including phenoxy) is 1. The Hall–Kier alpha value is -1.06. The van der Waals surface area contributed by atoms with E-state index in [1.54, 1.807) is 7.11 Å². The summed E-state index contributed by atoms with van der Waals surface area (Å²) in [5, 5.41) is 0. The van der Waals surface area contributed by atoms with E-state index in [0.717, 1.165) is 12.2 Å². The summed E-state index contributed by atoms with van der Waals surface area (Å²) in [5.74, 6) is 0.948. The normalized spacial score (nSPS) is 13.7. The molecule has 0 spiro atoms. The van der Waals surface area contributed by atoms with Crippen LogP contribution in [0.25, 0.3) is 0 Å². The number of nitrogens with two attached hydrogens (primary N) is 1. The highest BCUT2D eigenvalue weighted by Crippen LogP contribution is 2.36. The first-order valence-electron chi connectivity index (χ1n) is 6.40. The second-order valence-corrected chi connectivity index (χ2v) is 5.79. The van der Waals surface area contributed by atoms with E-state index in [-0.39, 0.29) is 5.41 Å². The first-order chi connectivity index (χ1) is 8.41. The van der Waals surface area contributed by atoms with Crippen LogP contribution in [0.5, 0.6) is 5.75 Å². The van der Waals surface area contributed by atoms with E-state index in [1.165, 1.54) is 5.56 Å². The Balaban J connectivity index is 3.05. The summed E-state index contributed by atoms with van der Waals surface area (Å²) in [6.45, 7) is 5.10. The molecule has 0 fully saturated rings. The van der Waals surface area contributed by atoms with Gasteiger partial charge in [-0.25, -0.2) is 0 Å². The molecule has 18 heavy (non-hydrogen) atoms. The van der Waals surface area contributed by atoms with E-state index >= 15 is 0 Å². The molecule has 1 rings (SSSR count). The van der Waals surface area contributed by atoms with Crippen molar-refractivity contribution in [2.24, 2.45) is 11.1 Å². The van der Waals surface area contributed by atoms with Crippen LogP contribution < -0.4 is 10.5 Å². The molecule has 3 heteroatoms. The van der Waals surface area contributed by atoms with Crippen molar-refractivity contribution in [3.8, 4) is 5.75 Å². The Morgan fingerprint density at radius 3 is 2.39 bits per heavy atom. The van der Waals surface area contributed by atoms with Gasteiger partial charge in [-0.15, -0.1) is 0 Å². The molecule has 102 valence electrons. The number of benzene rings is 1. The van der Waals surface area contributed by atoms with Crippen LogP contribution in [-0.4, -0.2) is 32.6 Å². The number of nitrogens with zero attached hydrogens (tertiary/aromatic N) is 1. The molecule has 1 aromatic carbocycles. The zero-order valence-electron chi connectivity index (χ0n) is 12.2. The number of hydrogen-bond donors (Lipinski definition) is 1. The quantitative estimate of drug-likeness (QED) is 0.843. The zero-order chi connectivity index (χ0) is 13.8. The van der Waals surface area contributed by atoms with Crippen molar-refractivity contribution in [2.75, 3.05) is 27.7 Å². The maximum absolute atomic E-state index is 5.85. The molecule has 1 atom stereocenters. The molecule has 1 unspecified atom stereocenters. The van der Waals surface area contributed by atoms with Crippen molar-refractivity contribution >= 4 is 0 Å². The standard InChI is InChI=1S/C15H26N2O/c1-15(2,11-16)10-13(17(3)4)12-8-6-7-9-14(12)18-5/h6-9,13H,10-11,16H2,1-5H3. The minimum atomic E-state index is 0.121. The molecule has 0 heterocycles. The Morgan fingerprint density at radius 2 is 1.89 bits per heavy atom. The van der Waals surface area contributed by atoms with Crippen LogP contribution >= 0.6 is 0 Å². The fourth-order valence-corrected chi connectivity index (χ4v) is 2.12. The van der Waals surface area contributed by atoms with Crippen LogP contribution in [0.4, 0.5) is 0 Å². The highest BCUT2D eigenvalue weighted by molar-refractivity contribution is 5.36. The molecule has 2 N–H and O–H groups in total. The fourth-order valence-electron chi connectivity index (χ4n) is 2.12. The van der Waals surface area contributed by atoms with Gasteiger partial charge in [0.05, 0.1) is 7.11 Å². The lowest BCUT2D eigenvalue weighted by atomic mass is 9.83. The van der Waals surface area contributed by atoms with Crippen molar-refractivity contribution < 1.29 is 4.74 Å². The average molecular weight is 250 g/mol. The van der Waals surface area contributed by atoms with E-state index < -0.39 is 0 Å². The third-order valence-corrected chi connectivity index (χ3v) is 3.42. The summed E-state index contributed by atoms with van der Waals surface area (Å²) in [6, 6.07) is 8.53. The van der Waals surface area contributed by atoms with Gasteiger partial charge in [-0.3, -0.25) is 0 Å². The zero-order valence-corrected chi connectivity index (χ0v) is 12.2. The predicted octanol–water partition coefficient (Wildman–Crippen LogP) is 2.67. The summed E-state index contributed by atoms with van der Waals surface area (Å²) in [4.78, 5) is 2.23. The molecule has 0 aliphatic rings. The maximum Gasteiger partial charge on any atom is 0.123 e. The van der Waals surface area contributed by atoms with Crippen LogP contribution in [0.2, 0.25) is 0 Å². The van der Waals surface area contributed by atoms with Crippen LogP contribution in [-0.2, 0) is 0 Å². The van der Waals surface area contributed by atoms with E-state index in [4.69, 9.17) is 10.5 Å². The fraction of sp³-hybridized carbons (Fsp3) is 0.600. The Morgan fingerprint density at radius 1 is 1.28 bits per heavy atom. The van der Waals surface area contributed by atoms with Gasteiger partial charge in [0, 0.05) is 11.6 Å². The lowest BCUT2D eigenvalue weighted by molar-refractivity contribution is 0.199. The van der Waals surface area contributed by atoms with Gasteiger partial charge in [-0.05, 0) is 38.5 Å². The van der Waals surface area contributed by atoms with Crippen LogP contribution in [0.3, 0.4) is 0 Å². The van der Waals surface area contributed by atoms with Crippen molar-refractivity contribution in [1.82, 2.24) is 4.90 Å². The number of hydrogen-bond acceptors (Lipinski definition) is 3. The minimum Gasteiger partial charge on any atom is -0.496 e. The Kier molecular flexibility index (Phi) is 5.17. The largest absolute Gasteiger partial charge is 0.496 e. The Bertz CT molecular complexity index is 375. The van der Waals surface area contributed by atoms with Gasteiger partial charge in [0.1, 0.15) is 5.75 Å². The van der Waals surface area contributed by atoms with E-state index in [0.29, 0.717) is 12.6 Å². The first kappa shape index (κ1) is 15.0. The van der Waals surface area contributed by atoms with Crippen molar-refractivity contribution in [3.63, 3.8) is 0 Å². The van der Waals surface area contributed by atoms with Crippen LogP contribution in [0, 0.1) is 5.41 Å². The molecular weight excluding hydrogens is 224 g/mol. The van der Waals surface area contributed by atoms with Gasteiger partial charge in [-0.2, -0.15) is 0 Å². The highest BCUT2D eigenvalue weighted by atomic mass is 16.5. The molecule has 0 bridgehead atoms. The van der Waals surface area contributed by atoms with E-state index in [1.807, 2.05) is 12.1 Å². The van der Waals surface area contributed by atoms with E-state index in [2.05, 4.69) is 45.0 Å². The van der Waals surface area contributed by atoms with Gasteiger partial charge in [0.15, 0.2) is 0 Å². The van der Waals surface area contributed by atoms with Gasteiger partial charge < -0.3 is 15.4 Å². The minimum absolute atomic E-state index is 0.121. The second kappa shape index (κ2) is 6.21. The molecule has 0 saturated carbocycles. The third kappa shape index (κ3) is 3.72. The first-order valence-corrected chi connectivity index (χ1v) is 6.40. The Labute approximate surface area is 111 Å². The van der Waals surface area contributed by atoms with Crippen molar-refractivity contribution in [2.45, 2.75) is 26.3 Å². The molecule has 1 aromatic rings. The van der Waals surface area contributed by atoms with Crippen LogP contribution in [0.15, 0.2) is 24.3 Å². The van der Waals surface area contributed by atoms with Crippen molar-refractivity contribution in [1.29, 1.82) is 0 Å². The molecule has 0 aromatic heterocycles. The summed E-state index contributed by atoms with van der Waals surface area (Å²) in [6.07, 6.45) is 1.01. The molecule has 0 aliphatic heterocycles. The highest BCUT2D eigenvalue weighted by Gasteiger charge is 2.26. The lowest BCUT2D eigenvalue weighted by Crippen LogP contribution is -2.31. The SMILES string of the molecule is COc1ccccc1C(CC(C)(C)CN)N(C)C. The molecule has 0 saturated heterocycles.